The zero-order valence-corrected chi connectivity index (χ0v) is 5.37. The molecule has 0 radical (unpaired) electrons. The Balaban J connectivity index is 2.99. The summed E-state index contributed by atoms with van der Waals surface area (Å²) in [7, 11) is 0. The number of nitrogens with zero attached hydrogens (tertiary/aromatic N) is 1. The van der Waals surface area contributed by atoms with Crippen molar-refractivity contribution in [1.29, 1.82) is 0 Å². The van der Waals surface area contributed by atoms with Crippen molar-refractivity contribution in [2.45, 2.75) is 0 Å². The Morgan fingerprint density at radius 2 is 2.00 bits per heavy atom. The summed E-state index contributed by atoms with van der Waals surface area (Å²) in [6.07, 6.45) is 0. The van der Waals surface area contributed by atoms with E-state index < -0.39 is 14.5 Å². The average Bonchev–Trinajstić information content (AvgIpc) is 1.36. The first-order valence-electron chi connectivity index (χ1n) is 0.842. The van der Waals surface area contributed by atoms with Crippen LogP contribution in [0, 0.1) is 0 Å². The molecule has 0 aliphatic rings. The lowest BCUT2D eigenvalue weighted by molar-refractivity contribution is 0.287. The van der Waals surface area contributed by atoms with E-state index in [9.17, 15) is 8.37 Å². The van der Waals surface area contributed by atoms with Gasteiger partial charge in [-0.05, 0) is 0 Å². The lowest BCUT2D eigenvalue weighted by Gasteiger charge is -1.91. The third-order valence-corrected chi connectivity index (χ3v) is 1.25. The zero-order valence-electron chi connectivity index (χ0n) is 2.40. The highest BCUT2D eigenvalue weighted by atomic mass is 127. The molecule has 0 heterocycles. The largest absolute Gasteiger partial charge is 0.558 e. The van der Waals surface area contributed by atoms with Crippen molar-refractivity contribution in [1.82, 2.24) is 2.74 Å². The second-order valence-electron chi connectivity index (χ2n) is 0.408. The average molecular weight is 227 g/mol. The van der Waals surface area contributed by atoms with Gasteiger partial charge < -0.3 is 4.55 Å². The van der Waals surface area contributed by atoms with Crippen LogP contribution in [0.5, 0.6) is 0 Å². The molecule has 0 aromatic rings. The van der Waals surface area contributed by atoms with Gasteiger partial charge in [0, 0.05) is 3.89 Å². The summed E-state index contributed by atoms with van der Waals surface area (Å²) in [5.41, 5.74) is 0. The van der Waals surface area contributed by atoms with Gasteiger partial charge in [0.1, 0.15) is 25.6 Å². The van der Waals surface area contributed by atoms with Gasteiger partial charge in [-0.25, -0.2) is 0 Å². The molecule has 1 atom stereocenters. The maximum absolute atomic E-state index is 11.0. The Morgan fingerprint density at radius 1 is 1.83 bits per heavy atom. The van der Waals surface area contributed by atoms with Crippen LogP contribution in [0.1, 0.15) is 0 Å². The Hall–Kier alpha value is 0.860. The van der Waals surface area contributed by atoms with Crippen molar-refractivity contribution in [3.05, 3.63) is 0 Å². The van der Waals surface area contributed by atoms with E-state index in [1.165, 1.54) is 0 Å². The molecule has 6 heavy (non-hydrogen) atoms. The first-order chi connectivity index (χ1) is 2.64. The number of halogens is 3. The third-order valence-electron chi connectivity index (χ3n) is 0.109. The van der Waals surface area contributed by atoms with E-state index >= 15 is 0 Å². The fourth-order valence-electron chi connectivity index (χ4n) is 0. The van der Waals surface area contributed by atoms with E-state index in [2.05, 4.69) is 0 Å². The molecular formula is F2INOS. The molecule has 0 rings (SSSR count). The molecule has 1 unspecified atom stereocenters. The summed E-state index contributed by atoms with van der Waals surface area (Å²) < 4.78 is 30.4. The molecule has 0 aliphatic carbocycles. The quantitative estimate of drug-likeness (QED) is 0.380. The number of rotatable bonds is 1. The predicted molar refractivity (Wildman–Crippen MR) is 26.2 cm³/mol. The van der Waals surface area contributed by atoms with E-state index in [1.807, 2.05) is 0 Å². The van der Waals surface area contributed by atoms with E-state index in [4.69, 9.17) is 4.55 Å². The first-order valence-corrected chi connectivity index (χ1v) is 2.81. The van der Waals surface area contributed by atoms with Gasteiger partial charge in [0.2, 0.25) is 0 Å². The minimum atomic E-state index is -2.96. The Morgan fingerprint density at radius 3 is 2.00 bits per heavy atom. The van der Waals surface area contributed by atoms with Crippen molar-refractivity contribution in [2.75, 3.05) is 0 Å². The molecule has 2 nitrogen and oxygen atoms in total. The molecule has 0 spiro atoms. The minimum Gasteiger partial charge on any atom is -0.558 e. The van der Waals surface area contributed by atoms with Gasteiger partial charge in [-0.2, -0.15) is 0 Å². The molecule has 0 aliphatic heterocycles. The summed E-state index contributed by atoms with van der Waals surface area (Å²) in [5, 5.41) is 0. The molecule has 38 valence electrons. The maximum atomic E-state index is 11.0. The van der Waals surface area contributed by atoms with E-state index in [0.717, 1.165) is 22.9 Å². The molecular weight excluding hydrogens is 227 g/mol. The van der Waals surface area contributed by atoms with Crippen LogP contribution >= 0.6 is 22.9 Å². The molecule has 0 amide bonds. The lowest BCUT2D eigenvalue weighted by atomic mass is 13.8. The van der Waals surface area contributed by atoms with Crippen molar-refractivity contribution in [3.8, 4) is 0 Å². The van der Waals surface area contributed by atoms with Crippen molar-refractivity contribution >= 4 is 34.6 Å². The van der Waals surface area contributed by atoms with Gasteiger partial charge >= 0.3 is 11.7 Å². The number of hydrogen-bond acceptors (Lipinski definition) is 2. The molecule has 0 N–H and O–H groups in total. The SMILES string of the molecule is [O-][S+](F)N(F)I. The smallest absolute Gasteiger partial charge is 0.318 e. The van der Waals surface area contributed by atoms with Crippen LogP contribution in [-0.2, 0) is 11.7 Å². The fraction of sp³-hybridized carbons (Fsp3) is 0. The second-order valence-corrected chi connectivity index (χ2v) is 2.64. The predicted octanol–water partition coefficient (Wildman–Crippen LogP) is 1.07. The van der Waals surface area contributed by atoms with Gasteiger partial charge in [-0.3, -0.25) is 0 Å². The standard InChI is InChI=1S/F2INOS/c1-4(3)6(2)5. The van der Waals surface area contributed by atoms with Crippen molar-refractivity contribution in [2.24, 2.45) is 0 Å². The van der Waals surface area contributed by atoms with Gasteiger partial charge in [0.05, 0.1) is 0 Å². The molecule has 6 heteroatoms. The monoisotopic (exact) mass is 227 g/mol. The fourth-order valence-corrected chi connectivity index (χ4v) is 0. The minimum absolute atomic E-state index is 0.558. The summed E-state index contributed by atoms with van der Waals surface area (Å²) in [6.45, 7) is 0. The van der Waals surface area contributed by atoms with Crippen molar-refractivity contribution < 1.29 is 12.9 Å². The maximum Gasteiger partial charge on any atom is 0.318 e. The molecule has 0 fully saturated rings. The lowest BCUT2D eigenvalue weighted by Crippen LogP contribution is -2.03. The molecule has 0 saturated heterocycles. The third kappa shape index (κ3) is 3.07. The van der Waals surface area contributed by atoms with Gasteiger partial charge in [-0.1, -0.05) is 4.48 Å². The molecule has 0 bridgehead atoms. The topological polar surface area (TPSA) is 26.3 Å². The van der Waals surface area contributed by atoms with E-state index in [0.29, 0.717) is 0 Å². The Labute approximate surface area is 50.5 Å². The van der Waals surface area contributed by atoms with Crippen LogP contribution in [0.3, 0.4) is 0 Å². The van der Waals surface area contributed by atoms with Gasteiger partial charge in [-0.15, -0.1) is 0 Å². The molecule has 0 saturated carbocycles. The van der Waals surface area contributed by atoms with Gasteiger partial charge in [0.15, 0.2) is 0 Å². The van der Waals surface area contributed by atoms with Crippen LogP contribution in [0.2, 0.25) is 0 Å². The number of hydrogen-bond donors (Lipinski definition) is 0. The zero-order chi connectivity index (χ0) is 5.15. The Bertz CT molecular complexity index is 34.5. The van der Waals surface area contributed by atoms with E-state index in [1.54, 1.807) is 0 Å². The van der Waals surface area contributed by atoms with Crippen LogP contribution in [0.25, 0.3) is 0 Å². The summed E-state index contributed by atoms with van der Waals surface area (Å²) in [5.74, 6) is 0. The summed E-state index contributed by atoms with van der Waals surface area (Å²) in [4.78, 5) is 0. The highest BCUT2D eigenvalue weighted by Crippen LogP contribution is 2.08. The van der Waals surface area contributed by atoms with Crippen LogP contribution in [-0.4, -0.2) is 7.29 Å². The summed E-state index contributed by atoms with van der Waals surface area (Å²) >= 11 is -2.04. The normalized spacial score (nSPS) is 15.5. The first kappa shape index (κ1) is 6.86. The van der Waals surface area contributed by atoms with Crippen LogP contribution in [0.4, 0.5) is 8.37 Å². The summed E-state index contributed by atoms with van der Waals surface area (Å²) in [6, 6.07) is 0. The van der Waals surface area contributed by atoms with Crippen LogP contribution in [0.15, 0.2) is 0 Å². The second kappa shape index (κ2) is 2.94. The van der Waals surface area contributed by atoms with Gasteiger partial charge in [0.25, 0.3) is 0 Å². The highest BCUT2D eigenvalue weighted by molar-refractivity contribution is 14.1. The van der Waals surface area contributed by atoms with E-state index in [-0.39, 0.29) is 0 Å². The molecule has 0 aromatic heterocycles. The van der Waals surface area contributed by atoms with Crippen LogP contribution < -0.4 is 0 Å². The Kier molecular flexibility index (Phi) is 3.36. The highest BCUT2D eigenvalue weighted by Gasteiger charge is 2.13. The molecule has 0 aromatic carbocycles. The van der Waals surface area contributed by atoms with Crippen molar-refractivity contribution in [3.63, 3.8) is 0 Å².